The first kappa shape index (κ1) is 13.6. The lowest BCUT2D eigenvalue weighted by molar-refractivity contribution is 0.0466. The lowest BCUT2D eigenvalue weighted by Gasteiger charge is -2.06. The van der Waals surface area contributed by atoms with Crippen LogP contribution in [0.4, 0.5) is 0 Å². The van der Waals surface area contributed by atoms with Crippen LogP contribution in [0.2, 0.25) is 5.02 Å². The molecule has 3 aromatic rings. The molecule has 0 atom stereocenters. The van der Waals surface area contributed by atoms with Gasteiger partial charge in [0.25, 0.3) is 0 Å². The number of rotatable bonds is 3. The molecule has 0 bridgehead atoms. The van der Waals surface area contributed by atoms with Gasteiger partial charge in [0.05, 0.1) is 17.0 Å². The Balaban J connectivity index is 1.80. The molecule has 0 spiro atoms. The zero-order valence-corrected chi connectivity index (χ0v) is 12.2. The molecule has 21 heavy (non-hydrogen) atoms. The van der Waals surface area contributed by atoms with Crippen molar-refractivity contribution in [1.82, 2.24) is 9.38 Å². The average Bonchev–Trinajstić information content (AvgIpc) is 2.80. The summed E-state index contributed by atoms with van der Waals surface area (Å²) in [6, 6.07) is 12.4. The zero-order valence-electron chi connectivity index (χ0n) is 11.4. The van der Waals surface area contributed by atoms with Crippen LogP contribution in [0.25, 0.3) is 5.65 Å². The van der Waals surface area contributed by atoms with Gasteiger partial charge in [-0.2, -0.15) is 0 Å². The van der Waals surface area contributed by atoms with Crippen LogP contribution in [0, 0.1) is 6.92 Å². The predicted molar refractivity (Wildman–Crippen MR) is 80.5 cm³/mol. The Hall–Kier alpha value is -2.33. The molecule has 4 nitrogen and oxygen atoms in total. The third kappa shape index (κ3) is 2.76. The maximum absolute atomic E-state index is 12.0. The van der Waals surface area contributed by atoms with Gasteiger partial charge in [-0.05, 0) is 37.3 Å². The molecule has 0 amide bonds. The van der Waals surface area contributed by atoms with E-state index in [0.717, 1.165) is 17.0 Å². The minimum atomic E-state index is -0.400. The number of esters is 1. The number of nitrogens with zero attached hydrogens (tertiary/aromatic N) is 2. The van der Waals surface area contributed by atoms with Crippen molar-refractivity contribution in [2.45, 2.75) is 13.5 Å². The lowest BCUT2D eigenvalue weighted by Crippen LogP contribution is -2.07. The molecule has 0 aliphatic carbocycles. The number of fused-ring (bicyclic) bond motifs is 1. The van der Waals surface area contributed by atoms with Crippen LogP contribution in [0.5, 0.6) is 0 Å². The first-order valence-electron chi connectivity index (χ1n) is 6.50. The summed E-state index contributed by atoms with van der Waals surface area (Å²) in [6.07, 6.45) is 1.90. The predicted octanol–water partition coefficient (Wildman–Crippen LogP) is 3.65. The third-order valence-electron chi connectivity index (χ3n) is 3.23. The number of hydrogen-bond donors (Lipinski definition) is 0. The number of carbonyl (C=O) groups excluding carboxylic acids is 1. The summed E-state index contributed by atoms with van der Waals surface area (Å²) in [5.41, 5.74) is 2.99. The van der Waals surface area contributed by atoms with Crippen LogP contribution in [0.3, 0.4) is 0 Å². The van der Waals surface area contributed by atoms with Gasteiger partial charge in [-0.15, -0.1) is 0 Å². The molecule has 5 heteroatoms. The molecule has 0 N–H and O–H groups in total. The second kappa shape index (κ2) is 5.58. The Morgan fingerprint density at radius 2 is 2.14 bits per heavy atom. The maximum Gasteiger partial charge on any atom is 0.338 e. The van der Waals surface area contributed by atoms with E-state index in [1.165, 1.54) is 0 Å². The van der Waals surface area contributed by atoms with E-state index in [4.69, 9.17) is 16.3 Å². The van der Waals surface area contributed by atoms with Gasteiger partial charge in [-0.1, -0.05) is 23.7 Å². The van der Waals surface area contributed by atoms with Crippen LogP contribution < -0.4 is 0 Å². The van der Waals surface area contributed by atoms with Crippen molar-refractivity contribution in [3.05, 3.63) is 70.6 Å². The van der Waals surface area contributed by atoms with Crippen molar-refractivity contribution >= 4 is 23.2 Å². The summed E-state index contributed by atoms with van der Waals surface area (Å²) in [5.74, 6) is -0.400. The van der Waals surface area contributed by atoms with Crippen molar-refractivity contribution in [2.75, 3.05) is 0 Å². The van der Waals surface area contributed by atoms with E-state index >= 15 is 0 Å². The fraction of sp³-hybridized carbons (Fsp3) is 0.125. The van der Waals surface area contributed by atoms with Gasteiger partial charge in [-0.25, -0.2) is 9.78 Å². The highest BCUT2D eigenvalue weighted by molar-refractivity contribution is 6.30. The SMILES string of the molecule is Cc1nc2ccccn2c1COC(=O)c1cccc(Cl)c1. The summed E-state index contributed by atoms with van der Waals surface area (Å²) in [5, 5.41) is 0.510. The second-order valence-electron chi connectivity index (χ2n) is 4.66. The monoisotopic (exact) mass is 300 g/mol. The molecule has 0 saturated heterocycles. The van der Waals surface area contributed by atoms with Crippen molar-refractivity contribution in [1.29, 1.82) is 0 Å². The van der Waals surface area contributed by atoms with E-state index in [-0.39, 0.29) is 6.61 Å². The van der Waals surface area contributed by atoms with Crippen molar-refractivity contribution < 1.29 is 9.53 Å². The van der Waals surface area contributed by atoms with E-state index in [1.54, 1.807) is 24.3 Å². The van der Waals surface area contributed by atoms with E-state index in [0.29, 0.717) is 10.6 Å². The van der Waals surface area contributed by atoms with Crippen molar-refractivity contribution in [3.8, 4) is 0 Å². The molecule has 0 aliphatic heterocycles. The van der Waals surface area contributed by atoms with E-state index in [1.807, 2.05) is 35.7 Å². The Kier molecular flexibility index (Phi) is 3.62. The molecule has 0 unspecified atom stereocenters. The van der Waals surface area contributed by atoms with E-state index < -0.39 is 5.97 Å². The molecule has 0 saturated carbocycles. The molecule has 106 valence electrons. The Morgan fingerprint density at radius 1 is 1.29 bits per heavy atom. The Labute approximate surface area is 126 Å². The molecular weight excluding hydrogens is 288 g/mol. The number of pyridine rings is 1. The normalized spacial score (nSPS) is 10.8. The third-order valence-corrected chi connectivity index (χ3v) is 3.46. The van der Waals surface area contributed by atoms with Crippen molar-refractivity contribution in [3.63, 3.8) is 0 Å². The topological polar surface area (TPSA) is 43.6 Å². The highest BCUT2D eigenvalue weighted by Crippen LogP contribution is 2.15. The summed E-state index contributed by atoms with van der Waals surface area (Å²) in [4.78, 5) is 16.5. The number of carbonyl (C=O) groups is 1. The molecule has 2 heterocycles. The fourth-order valence-corrected chi connectivity index (χ4v) is 2.36. The number of imidazole rings is 1. The molecule has 1 aromatic carbocycles. The summed E-state index contributed by atoms with van der Waals surface area (Å²) < 4.78 is 7.28. The van der Waals surface area contributed by atoms with Crippen LogP contribution >= 0.6 is 11.6 Å². The van der Waals surface area contributed by atoms with E-state index in [2.05, 4.69) is 4.98 Å². The fourth-order valence-electron chi connectivity index (χ4n) is 2.17. The molecule has 0 aliphatic rings. The molecular formula is C16H13ClN2O2. The number of halogens is 1. The standard InChI is InChI=1S/C16H13ClN2O2/c1-11-14(19-8-3-2-7-15(19)18-11)10-21-16(20)12-5-4-6-13(17)9-12/h2-9H,10H2,1H3. The lowest BCUT2D eigenvalue weighted by atomic mass is 10.2. The van der Waals surface area contributed by atoms with Gasteiger partial charge < -0.3 is 9.14 Å². The summed E-state index contributed by atoms with van der Waals surface area (Å²) >= 11 is 5.87. The highest BCUT2D eigenvalue weighted by Gasteiger charge is 2.12. The van der Waals surface area contributed by atoms with Gasteiger partial charge in [0.15, 0.2) is 0 Å². The van der Waals surface area contributed by atoms with Crippen LogP contribution in [-0.2, 0) is 11.3 Å². The Bertz CT molecular complexity index is 811. The van der Waals surface area contributed by atoms with E-state index in [9.17, 15) is 4.79 Å². The average molecular weight is 301 g/mol. The molecule has 0 radical (unpaired) electrons. The number of benzene rings is 1. The van der Waals surface area contributed by atoms with Gasteiger partial charge in [0.1, 0.15) is 12.3 Å². The van der Waals surface area contributed by atoms with Crippen LogP contribution in [0.1, 0.15) is 21.7 Å². The number of ether oxygens (including phenoxy) is 1. The van der Waals surface area contributed by atoms with Crippen molar-refractivity contribution in [2.24, 2.45) is 0 Å². The molecule has 0 fully saturated rings. The van der Waals surface area contributed by atoms with Gasteiger partial charge >= 0.3 is 5.97 Å². The minimum absolute atomic E-state index is 0.169. The summed E-state index contributed by atoms with van der Waals surface area (Å²) in [6.45, 7) is 2.07. The number of aryl methyl sites for hydroxylation is 1. The van der Waals surface area contributed by atoms with Crippen LogP contribution in [0.15, 0.2) is 48.7 Å². The van der Waals surface area contributed by atoms with Gasteiger partial charge in [0, 0.05) is 11.2 Å². The molecule has 3 rings (SSSR count). The minimum Gasteiger partial charge on any atom is -0.456 e. The maximum atomic E-state index is 12.0. The summed E-state index contributed by atoms with van der Waals surface area (Å²) in [7, 11) is 0. The smallest absolute Gasteiger partial charge is 0.338 e. The Morgan fingerprint density at radius 3 is 2.95 bits per heavy atom. The largest absolute Gasteiger partial charge is 0.456 e. The number of aromatic nitrogens is 2. The van der Waals surface area contributed by atoms with Gasteiger partial charge in [-0.3, -0.25) is 0 Å². The first-order chi connectivity index (χ1) is 10.1. The van der Waals surface area contributed by atoms with Crippen LogP contribution in [-0.4, -0.2) is 15.4 Å². The second-order valence-corrected chi connectivity index (χ2v) is 5.10. The first-order valence-corrected chi connectivity index (χ1v) is 6.88. The van der Waals surface area contributed by atoms with Gasteiger partial charge in [0.2, 0.25) is 0 Å². The number of hydrogen-bond acceptors (Lipinski definition) is 3. The molecule has 2 aromatic heterocycles. The quantitative estimate of drug-likeness (QED) is 0.693. The highest BCUT2D eigenvalue weighted by atomic mass is 35.5. The zero-order chi connectivity index (χ0) is 14.8.